The molecule has 1 saturated heterocycles. The SMILES string of the molecule is C[C@H]1CCCCN1CCCNC(=O)c1ccc2c(c1)NC(=O)[C@@H](CS(=O)(=O)Cc1ccc(F)cc1Cl)N2. The Kier molecular flexibility index (Phi) is 8.71. The Hall–Kier alpha value is -2.69. The van der Waals surface area contributed by atoms with Crippen LogP contribution < -0.4 is 16.0 Å². The van der Waals surface area contributed by atoms with Crippen LogP contribution in [0.15, 0.2) is 36.4 Å². The summed E-state index contributed by atoms with van der Waals surface area (Å²) in [5.74, 6) is -2.19. The number of fused-ring (bicyclic) bond motifs is 1. The second-order valence-corrected chi connectivity index (χ2v) is 12.2. The van der Waals surface area contributed by atoms with E-state index in [4.69, 9.17) is 11.6 Å². The molecule has 4 rings (SSSR count). The number of piperidine rings is 1. The van der Waals surface area contributed by atoms with E-state index in [1.54, 1.807) is 18.2 Å². The van der Waals surface area contributed by atoms with Crippen LogP contribution in [0.1, 0.15) is 48.5 Å². The van der Waals surface area contributed by atoms with Gasteiger partial charge in [0.05, 0.1) is 22.9 Å². The van der Waals surface area contributed by atoms with Gasteiger partial charge in [-0.05, 0) is 68.6 Å². The molecule has 2 aliphatic heterocycles. The van der Waals surface area contributed by atoms with E-state index in [9.17, 15) is 22.4 Å². The Bertz CT molecular complexity index is 1270. The fourth-order valence-corrected chi connectivity index (χ4v) is 6.67. The number of carbonyl (C=O) groups is 2. The van der Waals surface area contributed by atoms with E-state index in [1.807, 2.05) is 0 Å². The number of nitrogens with zero attached hydrogens (tertiary/aromatic N) is 1. The zero-order chi connectivity index (χ0) is 26.6. The first-order valence-corrected chi connectivity index (χ1v) is 14.7. The molecule has 8 nitrogen and oxygen atoms in total. The number of benzene rings is 2. The lowest BCUT2D eigenvalue weighted by Gasteiger charge is -2.33. The Morgan fingerprint density at radius 1 is 1.19 bits per heavy atom. The van der Waals surface area contributed by atoms with Gasteiger partial charge in [0, 0.05) is 29.7 Å². The Balaban J connectivity index is 1.31. The minimum absolute atomic E-state index is 0.0156. The number of sulfone groups is 1. The zero-order valence-corrected chi connectivity index (χ0v) is 22.3. The van der Waals surface area contributed by atoms with Crippen molar-refractivity contribution in [2.75, 3.05) is 36.0 Å². The summed E-state index contributed by atoms with van der Waals surface area (Å²) in [4.78, 5) is 27.7. The van der Waals surface area contributed by atoms with Crippen molar-refractivity contribution in [2.24, 2.45) is 0 Å². The average Bonchev–Trinajstić information content (AvgIpc) is 2.84. The summed E-state index contributed by atoms with van der Waals surface area (Å²) in [6.07, 6.45) is 4.58. The molecule has 0 spiro atoms. The molecule has 0 unspecified atom stereocenters. The van der Waals surface area contributed by atoms with Crippen molar-refractivity contribution < 1.29 is 22.4 Å². The first-order chi connectivity index (χ1) is 17.6. The van der Waals surface area contributed by atoms with Gasteiger partial charge in [0.2, 0.25) is 5.91 Å². The Morgan fingerprint density at radius 2 is 2.00 bits per heavy atom. The van der Waals surface area contributed by atoms with Crippen LogP contribution in [0.2, 0.25) is 5.02 Å². The van der Waals surface area contributed by atoms with Crippen LogP contribution in [-0.2, 0) is 20.4 Å². The van der Waals surface area contributed by atoms with E-state index >= 15 is 0 Å². The molecular formula is C26H32ClFN4O4S. The molecule has 2 heterocycles. The summed E-state index contributed by atoms with van der Waals surface area (Å²) in [5, 5.41) is 8.59. The molecule has 3 N–H and O–H groups in total. The first kappa shape index (κ1) is 27.3. The van der Waals surface area contributed by atoms with Gasteiger partial charge in [-0.2, -0.15) is 0 Å². The van der Waals surface area contributed by atoms with E-state index in [2.05, 4.69) is 27.8 Å². The summed E-state index contributed by atoms with van der Waals surface area (Å²) in [6.45, 7) is 4.86. The molecule has 0 aliphatic carbocycles. The second-order valence-electron chi connectivity index (χ2n) is 9.73. The van der Waals surface area contributed by atoms with E-state index < -0.39 is 39.1 Å². The van der Waals surface area contributed by atoms with Crippen molar-refractivity contribution in [3.8, 4) is 0 Å². The van der Waals surface area contributed by atoms with Crippen LogP contribution in [0, 0.1) is 5.82 Å². The Labute approximate surface area is 221 Å². The van der Waals surface area contributed by atoms with E-state index in [-0.39, 0.29) is 16.5 Å². The highest BCUT2D eigenvalue weighted by Gasteiger charge is 2.31. The maximum absolute atomic E-state index is 13.3. The van der Waals surface area contributed by atoms with Gasteiger partial charge in [-0.3, -0.25) is 9.59 Å². The van der Waals surface area contributed by atoms with E-state index in [1.165, 1.54) is 25.3 Å². The van der Waals surface area contributed by atoms with Crippen molar-refractivity contribution in [1.29, 1.82) is 0 Å². The van der Waals surface area contributed by atoms with Crippen LogP contribution in [0.4, 0.5) is 15.8 Å². The van der Waals surface area contributed by atoms with Crippen molar-refractivity contribution in [3.63, 3.8) is 0 Å². The topological polar surface area (TPSA) is 108 Å². The minimum Gasteiger partial charge on any atom is -0.371 e. The quantitative estimate of drug-likeness (QED) is 0.410. The van der Waals surface area contributed by atoms with E-state index in [0.717, 1.165) is 31.6 Å². The van der Waals surface area contributed by atoms with Crippen molar-refractivity contribution in [1.82, 2.24) is 10.2 Å². The van der Waals surface area contributed by atoms with Crippen LogP contribution in [-0.4, -0.2) is 62.6 Å². The van der Waals surface area contributed by atoms with Gasteiger partial charge in [-0.15, -0.1) is 0 Å². The molecule has 0 bridgehead atoms. The molecule has 0 radical (unpaired) electrons. The maximum atomic E-state index is 13.3. The predicted molar refractivity (Wildman–Crippen MR) is 143 cm³/mol. The highest BCUT2D eigenvalue weighted by molar-refractivity contribution is 7.90. The maximum Gasteiger partial charge on any atom is 0.251 e. The molecule has 0 aromatic heterocycles. The van der Waals surface area contributed by atoms with Crippen LogP contribution in [0.25, 0.3) is 0 Å². The lowest BCUT2D eigenvalue weighted by molar-refractivity contribution is -0.116. The number of hydrogen-bond donors (Lipinski definition) is 3. The van der Waals surface area contributed by atoms with Crippen LogP contribution in [0.5, 0.6) is 0 Å². The number of anilines is 2. The second kappa shape index (κ2) is 11.8. The van der Waals surface area contributed by atoms with E-state index in [0.29, 0.717) is 29.5 Å². The molecular weight excluding hydrogens is 519 g/mol. The number of hydrogen-bond acceptors (Lipinski definition) is 6. The summed E-state index contributed by atoms with van der Waals surface area (Å²) in [5.41, 5.74) is 1.61. The highest BCUT2D eigenvalue weighted by Crippen LogP contribution is 2.29. The number of amides is 2. The van der Waals surface area contributed by atoms with Crippen LogP contribution in [0.3, 0.4) is 0 Å². The number of rotatable bonds is 9. The number of halogens is 2. The van der Waals surface area contributed by atoms with Crippen molar-refractivity contribution in [2.45, 2.75) is 50.4 Å². The predicted octanol–water partition coefficient (Wildman–Crippen LogP) is 3.82. The molecule has 2 amide bonds. The third-order valence-electron chi connectivity index (χ3n) is 6.85. The number of nitrogens with one attached hydrogen (secondary N) is 3. The molecule has 1 fully saturated rings. The molecule has 2 aromatic carbocycles. The van der Waals surface area contributed by atoms with Gasteiger partial charge in [-0.25, -0.2) is 12.8 Å². The van der Waals surface area contributed by atoms with Gasteiger partial charge in [0.1, 0.15) is 11.9 Å². The normalized spacial score (nSPS) is 20.0. The first-order valence-electron chi connectivity index (χ1n) is 12.5. The standard InChI is InChI=1S/C26H32ClFN4O4S/c1-17-5-2-3-11-32(17)12-4-10-29-25(33)18-7-9-22-23(13-18)31-26(34)24(30-22)16-37(35,36)15-19-6-8-20(28)14-21(19)27/h6-9,13-14,17,24,30H,2-5,10-12,15-16H2,1H3,(H,29,33)(H,31,34)/t17-,24+/m0/s1. The molecule has 2 aliphatic rings. The lowest BCUT2D eigenvalue weighted by atomic mass is 10.0. The molecule has 11 heteroatoms. The summed E-state index contributed by atoms with van der Waals surface area (Å²) < 4.78 is 38.7. The van der Waals surface area contributed by atoms with Crippen molar-refractivity contribution >= 4 is 44.6 Å². The van der Waals surface area contributed by atoms with Crippen LogP contribution >= 0.6 is 11.6 Å². The summed E-state index contributed by atoms with van der Waals surface area (Å²) in [7, 11) is -3.75. The lowest BCUT2D eigenvalue weighted by Crippen LogP contribution is -2.43. The summed E-state index contributed by atoms with van der Waals surface area (Å²) in [6, 6.07) is 7.93. The molecule has 200 valence electrons. The summed E-state index contributed by atoms with van der Waals surface area (Å²) >= 11 is 5.96. The average molecular weight is 551 g/mol. The molecule has 0 saturated carbocycles. The molecule has 37 heavy (non-hydrogen) atoms. The third kappa shape index (κ3) is 7.21. The van der Waals surface area contributed by atoms with Gasteiger partial charge in [0.25, 0.3) is 5.91 Å². The largest absolute Gasteiger partial charge is 0.371 e. The van der Waals surface area contributed by atoms with Gasteiger partial charge >= 0.3 is 0 Å². The third-order valence-corrected chi connectivity index (χ3v) is 8.79. The minimum atomic E-state index is -3.75. The number of likely N-dealkylation sites (tertiary alicyclic amines) is 1. The fourth-order valence-electron chi connectivity index (χ4n) is 4.77. The molecule has 2 aromatic rings. The Morgan fingerprint density at radius 3 is 2.76 bits per heavy atom. The smallest absolute Gasteiger partial charge is 0.251 e. The monoisotopic (exact) mass is 550 g/mol. The number of carbonyl (C=O) groups excluding carboxylic acids is 2. The van der Waals surface area contributed by atoms with Gasteiger partial charge < -0.3 is 20.9 Å². The zero-order valence-electron chi connectivity index (χ0n) is 20.7. The van der Waals surface area contributed by atoms with Crippen molar-refractivity contribution in [3.05, 3.63) is 58.4 Å². The molecule has 2 atom stereocenters. The fraction of sp³-hybridized carbons (Fsp3) is 0.462. The van der Waals surface area contributed by atoms with Gasteiger partial charge in [0.15, 0.2) is 9.84 Å². The van der Waals surface area contributed by atoms with Gasteiger partial charge in [-0.1, -0.05) is 24.1 Å². The highest BCUT2D eigenvalue weighted by atomic mass is 35.5.